The number of carbonyl (C=O) groups excluding carboxylic acids is 1. The fraction of sp³-hybridized carbons (Fsp3) is 0. The van der Waals surface area contributed by atoms with Crippen molar-refractivity contribution >= 4 is 21.6 Å². The first-order chi connectivity index (χ1) is 9.79. The van der Waals surface area contributed by atoms with Gasteiger partial charge in [-0.05, 0) is 36.4 Å². The second-order valence-corrected chi connectivity index (χ2v) is 5.77. The highest BCUT2D eigenvalue weighted by atomic mass is 32.2. The zero-order valence-electron chi connectivity index (χ0n) is 10.5. The summed E-state index contributed by atoms with van der Waals surface area (Å²) in [5, 5.41) is 0. The normalized spacial score (nSPS) is 11.1. The van der Waals surface area contributed by atoms with E-state index in [1.54, 1.807) is 0 Å². The Morgan fingerprint density at radius 2 is 1.67 bits per heavy atom. The lowest BCUT2D eigenvalue weighted by atomic mass is 10.2. The van der Waals surface area contributed by atoms with Crippen LogP contribution in [0.2, 0.25) is 0 Å². The molecule has 0 aliphatic heterocycles. The van der Waals surface area contributed by atoms with Gasteiger partial charge in [0, 0.05) is 17.3 Å². The third kappa shape index (κ3) is 3.34. The molecule has 0 aromatic heterocycles. The minimum atomic E-state index is -4.20. The fourth-order valence-corrected chi connectivity index (χ4v) is 2.72. The Bertz CT molecular complexity index is 790. The van der Waals surface area contributed by atoms with E-state index in [1.807, 2.05) is 0 Å². The smallest absolute Gasteiger partial charge is 0.264 e. The number of nitrogens with one attached hydrogen (secondary N) is 1. The molecule has 0 unspecified atom stereocenters. The summed E-state index contributed by atoms with van der Waals surface area (Å²) >= 11 is 0. The molecule has 2 rings (SSSR count). The Balaban J connectivity index is 2.30. The second kappa shape index (κ2) is 5.49. The van der Waals surface area contributed by atoms with Gasteiger partial charge in [0.05, 0.1) is 0 Å². The van der Waals surface area contributed by atoms with Crippen LogP contribution in [0.15, 0.2) is 47.4 Å². The van der Waals surface area contributed by atoms with Crippen LogP contribution in [-0.4, -0.2) is 14.3 Å². The Hall–Kier alpha value is -2.48. The number of hydrogen-bond acceptors (Lipinski definition) is 3. The number of halogens is 2. The van der Waals surface area contributed by atoms with Crippen molar-refractivity contribution in [2.45, 2.75) is 4.90 Å². The molecule has 0 aliphatic rings. The Labute approximate surface area is 119 Å². The fourth-order valence-electron chi connectivity index (χ4n) is 1.61. The molecule has 8 heteroatoms. The number of nitrogens with two attached hydrogens (primary N) is 1. The SMILES string of the molecule is NC(=O)c1ccc(NS(=O)(=O)c2ccc(F)cc2F)cc1. The number of carbonyl (C=O) groups is 1. The summed E-state index contributed by atoms with van der Waals surface area (Å²) in [5.41, 5.74) is 5.37. The van der Waals surface area contributed by atoms with E-state index in [9.17, 15) is 22.0 Å². The van der Waals surface area contributed by atoms with E-state index in [0.29, 0.717) is 6.07 Å². The maximum absolute atomic E-state index is 13.5. The largest absolute Gasteiger partial charge is 0.366 e. The molecule has 0 saturated heterocycles. The summed E-state index contributed by atoms with van der Waals surface area (Å²) in [6.45, 7) is 0. The van der Waals surface area contributed by atoms with Crippen molar-refractivity contribution in [3.05, 3.63) is 59.7 Å². The standard InChI is InChI=1S/C13H10F2N2O3S/c14-9-3-6-12(11(15)7-9)21(19,20)17-10-4-1-8(2-5-10)13(16)18/h1-7,17H,(H2,16,18). The van der Waals surface area contributed by atoms with Gasteiger partial charge < -0.3 is 5.73 Å². The van der Waals surface area contributed by atoms with Crippen LogP contribution < -0.4 is 10.5 Å². The summed E-state index contributed by atoms with van der Waals surface area (Å²) < 4.78 is 52.4. The van der Waals surface area contributed by atoms with Crippen LogP contribution in [0.25, 0.3) is 0 Å². The maximum Gasteiger partial charge on any atom is 0.264 e. The Kier molecular flexibility index (Phi) is 3.90. The molecule has 5 nitrogen and oxygen atoms in total. The van der Waals surface area contributed by atoms with E-state index in [2.05, 4.69) is 4.72 Å². The van der Waals surface area contributed by atoms with Crippen LogP contribution in [0.4, 0.5) is 14.5 Å². The van der Waals surface area contributed by atoms with Gasteiger partial charge in [-0.1, -0.05) is 0 Å². The molecule has 2 aromatic carbocycles. The molecule has 2 aromatic rings. The van der Waals surface area contributed by atoms with Crippen molar-refractivity contribution in [2.75, 3.05) is 4.72 Å². The van der Waals surface area contributed by atoms with E-state index in [4.69, 9.17) is 5.73 Å². The van der Waals surface area contributed by atoms with Crippen molar-refractivity contribution < 1.29 is 22.0 Å². The van der Waals surface area contributed by atoms with Gasteiger partial charge in [-0.15, -0.1) is 0 Å². The third-order valence-electron chi connectivity index (χ3n) is 2.61. The van der Waals surface area contributed by atoms with E-state index in [-0.39, 0.29) is 11.3 Å². The van der Waals surface area contributed by atoms with Gasteiger partial charge in [-0.2, -0.15) is 0 Å². The first kappa shape index (κ1) is 14.9. The monoisotopic (exact) mass is 312 g/mol. The molecule has 0 spiro atoms. The minimum absolute atomic E-state index is 0.115. The molecule has 0 bridgehead atoms. The molecule has 3 N–H and O–H groups in total. The summed E-state index contributed by atoms with van der Waals surface area (Å²) in [6.07, 6.45) is 0. The van der Waals surface area contributed by atoms with Crippen LogP contribution in [0, 0.1) is 11.6 Å². The van der Waals surface area contributed by atoms with Crippen LogP contribution in [-0.2, 0) is 10.0 Å². The molecule has 0 radical (unpaired) electrons. The Morgan fingerprint density at radius 1 is 1.05 bits per heavy atom. The van der Waals surface area contributed by atoms with Gasteiger partial charge in [0.1, 0.15) is 16.5 Å². The summed E-state index contributed by atoms with van der Waals surface area (Å²) in [6, 6.07) is 7.39. The average Bonchev–Trinajstić information content (AvgIpc) is 2.38. The molecule has 0 aliphatic carbocycles. The second-order valence-electron chi connectivity index (χ2n) is 4.12. The topological polar surface area (TPSA) is 89.3 Å². The molecule has 0 heterocycles. The highest BCUT2D eigenvalue weighted by Gasteiger charge is 2.19. The molecular formula is C13H10F2N2O3S. The number of amides is 1. The number of rotatable bonds is 4. The van der Waals surface area contributed by atoms with Crippen molar-refractivity contribution in [2.24, 2.45) is 5.73 Å². The molecule has 1 amide bonds. The molecule has 0 atom stereocenters. The number of primary amides is 1. The average molecular weight is 312 g/mol. The number of benzene rings is 2. The van der Waals surface area contributed by atoms with E-state index in [1.165, 1.54) is 24.3 Å². The van der Waals surface area contributed by atoms with Crippen molar-refractivity contribution in [1.29, 1.82) is 0 Å². The quantitative estimate of drug-likeness (QED) is 0.903. The first-order valence-corrected chi connectivity index (χ1v) is 7.15. The predicted octanol–water partition coefficient (Wildman–Crippen LogP) is 1.86. The zero-order chi connectivity index (χ0) is 15.6. The number of anilines is 1. The van der Waals surface area contributed by atoms with Gasteiger partial charge in [-0.3, -0.25) is 9.52 Å². The summed E-state index contributed by atoms with van der Waals surface area (Å²) in [7, 11) is -4.20. The van der Waals surface area contributed by atoms with Gasteiger partial charge in [0.15, 0.2) is 0 Å². The highest BCUT2D eigenvalue weighted by molar-refractivity contribution is 7.92. The van der Waals surface area contributed by atoms with Gasteiger partial charge in [0.2, 0.25) is 5.91 Å². The van der Waals surface area contributed by atoms with Crippen molar-refractivity contribution in [3.63, 3.8) is 0 Å². The molecule has 0 saturated carbocycles. The molecule has 110 valence electrons. The van der Waals surface area contributed by atoms with Crippen molar-refractivity contribution in [3.8, 4) is 0 Å². The highest BCUT2D eigenvalue weighted by Crippen LogP contribution is 2.19. The number of sulfonamides is 1. The summed E-state index contributed by atoms with van der Waals surface area (Å²) in [4.78, 5) is 10.2. The van der Waals surface area contributed by atoms with Crippen LogP contribution in [0.3, 0.4) is 0 Å². The Morgan fingerprint density at radius 3 is 2.19 bits per heavy atom. The lowest BCUT2D eigenvalue weighted by molar-refractivity contribution is 0.100. The lowest BCUT2D eigenvalue weighted by Crippen LogP contribution is -2.15. The molecule has 0 fully saturated rings. The lowest BCUT2D eigenvalue weighted by Gasteiger charge is -2.09. The minimum Gasteiger partial charge on any atom is -0.366 e. The maximum atomic E-state index is 13.5. The van der Waals surface area contributed by atoms with E-state index >= 15 is 0 Å². The van der Waals surface area contributed by atoms with Gasteiger partial charge in [-0.25, -0.2) is 17.2 Å². The van der Waals surface area contributed by atoms with Crippen LogP contribution in [0.1, 0.15) is 10.4 Å². The van der Waals surface area contributed by atoms with E-state index < -0.39 is 32.5 Å². The molecular weight excluding hydrogens is 302 g/mol. The van der Waals surface area contributed by atoms with Gasteiger partial charge in [0.25, 0.3) is 10.0 Å². The zero-order valence-corrected chi connectivity index (χ0v) is 11.3. The predicted molar refractivity (Wildman–Crippen MR) is 72.1 cm³/mol. The van der Waals surface area contributed by atoms with Crippen LogP contribution >= 0.6 is 0 Å². The first-order valence-electron chi connectivity index (χ1n) is 5.67. The van der Waals surface area contributed by atoms with Crippen LogP contribution in [0.5, 0.6) is 0 Å². The van der Waals surface area contributed by atoms with Crippen molar-refractivity contribution in [1.82, 2.24) is 0 Å². The third-order valence-corrected chi connectivity index (χ3v) is 4.02. The summed E-state index contributed by atoms with van der Waals surface area (Å²) in [5.74, 6) is -2.73. The number of hydrogen-bond donors (Lipinski definition) is 2. The molecule has 21 heavy (non-hydrogen) atoms. The van der Waals surface area contributed by atoms with E-state index in [0.717, 1.165) is 12.1 Å². The van der Waals surface area contributed by atoms with Gasteiger partial charge >= 0.3 is 0 Å².